The summed E-state index contributed by atoms with van der Waals surface area (Å²) in [7, 11) is -1.31. The summed E-state index contributed by atoms with van der Waals surface area (Å²) in [5, 5.41) is 3.39. The Labute approximate surface area is 253 Å². The van der Waals surface area contributed by atoms with Crippen LogP contribution in [0.25, 0.3) is 0 Å². The number of amides is 2. The van der Waals surface area contributed by atoms with E-state index >= 15 is 0 Å². The van der Waals surface area contributed by atoms with Crippen LogP contribution >= 0.6 is 11.6 Å². The summed E-state index contributed by atoms with van der Waals surface area (Å²) in [4.78, 5) is 29.0. The van der Waals surface area contributed by atoms with E-state index in [4.69, 9.17) is 21.1 Å². The number of benzene rings is 3. The van der Waals surface area contributed by atoms with Gasteiger partial charge in [-0.15, -0.1) is 0 Å². The Balaban J connectivity index is 2.11. The van der Waals surface area contributed by atoms with E-state index in [1.54, 1.807) is 61.5 Å². The van der Waals surface area contributed by atoms with Crippen molar-refractivity contribution in [1.82, 2.24) is 10.2 Å². The zero-order chi connectivity index (χ0) is 30.9. The second kappa shape index (κ2) is 14.9. The summed E-state index contributed by atoms with van der Waals surface area (Å²) in [5.74, 6) is -0.202. The number of ether oxygens (including phenoxy) is 2. The van der Waals surface area contributed by atoms with Gasteiger partial charge in [0.2, 0.25) is 11.8 Å². The number of sulfonamides is 1. The van der Waals surface area contributed by atoms with Gasteiger partial charge in [-0.05, 0) is 55.7 Å². The summed E-state index contributed by atoms with van der Waals surface area (Å²) >= 11 is 6.45. The first kappa shape index (κ1) is 32.8. The predicted molar refractivity (Wildman–Crippen MR) is 164 cm³/mol. The molecule has 226 valence electrons. The molecule has 2 amide bonds. The fourth-order valence-electron chi connectivity index (χ4n) is 4.40. The number of anilines is 1. The molecule has 0 aliphatic carbocycles. The van der Waals surface area contributed by atoms with Crippen LogP contribution in [0.5, 0.6) is 11.5 Å². The Morgan fingerprint density at radius 1 is 0.905 bits per heavy atom. The summed E-state index contributed by atoms with van der Waals surface area (Å²) in [6.07, 6.45) is 1.02. The average Bonchev–Trinajstić information content (AvgIpc) is 3.00. The first-order chi connectivity index (χ1) is 20.1. The normalized spacial score (nSPS) is 12.6. The third kappa shape index (κ3) is 7.74. The molecular formula is C31H38ClN3O6S. The highest BCUT2D eigenvalue weighted by Crippen LogP contribution is 2.34. The number of nitrogens with one attached hydrogen (secondary N) is 1. The van der Waals surface area contributed by atoms with Crippen LogP contribution in [0, 0.1) is 0 Å². The van der Waals surface area contributed by atoms with Crippen molar-refractivity contribution in [2.45, 2.75) is 57.1 Å². The van der Waals surface area contributed by atoms with Gasteiger partial charge in [-0.2, -0.15) is 0 Å². The summed E-state index contributed by atoms with van der Waals surface area (Å²) in [6.45, 7) is 5.07. The Morgan fingerprint density at radius 3 is 2.14 bits per heavy atom. The first-order valence-corrected chi connectivity index (χ1v) is 15.5. The lowest BCUT2D eigenvalue weighted by molar-refractivity contribution is -0.140. The summed E-state index contributed by atoms with van der Waals surface area (Å²) < 4.78 is 39.8. The van der Waals surface area contributed by atoms with Gasteiger partial charge >= 0.3 is 0 Å². The van der Waals surface area contributed by atoms with Crippen LogP contribution in [0.1, 0.15) is 39.2 Å². The second-order valence-corrected chi connectivity index (χ2v) is 12.0. The first-order valence-electron chi connectivity index (χ1n) is 13.7. The Morgan fingerprint density at radius 2 is 1.55 bits per heavy atom. The maximum absolute atomic E-state index is 14.2. The standard InChI is InChI=1S/C31H38ClN3O6S/c1-6-22(3)33-31(37)27(7-2)34(20-23-13-11-12-16-26(23)32)30(36)21-35(42(38,39)25-14-9-8-10-15-25)24-17-18-28(40-4)29(19-24)41-5/h8-19,22,27H,6-7,20-21H2,1-5H3,(H,33,37). The van der Waals surface area contributed by atoms with E-state index in [0.29, 0.717) is 34.9 Å². The van der Waals surface area contributed by atoms with Gasteiger partial charge in [0.1, 0.15) is 12.6 Å². The molecular weight excluding hydrogens is 578 g/mol. The van der Waals surface area contributed by atoms with E-state index in [0.717, 1.165) is 4.31 Å². The number of nitrogens with zero attached hydrogens (tertiary/aromatic N) is 2. The minimum absolute atomic E-state index is 0.00629. The minimum atomic E-state index is -4.22. The van der Waals surface area contributed by atoms with E-state index in [9.17, 15) is 18.0 Å². The molecule has 0 aliphatic heterocycles. The van der Waals surface area contributed by atoms with E-state index in [1.807, 2.05) is 13.8 Å². The van der Waals surface area contributed by atoms with Crippen molar-refractivity contribution in [3.8, 4) is 11.5 Å². The van der Waals surface area contributed by atoms with Crippen LogP contribution in [-0.2, 0) is 26.2 Å². The number of hydrogen-bond donors (Lipinski definition) is 1. The van der Waals surface area contributed by atoms with Crippen LogP contribution in [0.2, 0.25) is 5.02 Å². The van der Waals surface area contributed by atoms with Gasteiger partial charge in [-0.1, -0.05) is 61.8 Å². The van der Waals surface area contributed by atoms with Crippen LogP contribution < -0.4 is 19.1 Å². The third-order valence-electron chi connectivity index (χ3n) is 6.95. The number of methoxy groups -OCH3 is 2. The lowest BCUT2D eigenvalue weighted by Crippen LogP contribution is -2.53. The Hall–Kier alpha value is -3.76. The lowest BCUT2D eigenvalue weighted by Gasteiger charge is -2.34. The third-order valence-corrected chi connectivity index (χ3v) is 9.11. The molecule has 2 unspecified atom stereocenters. The molecule has 11 heteroatoms. The summed E-state index contributed by atoms with van der Waals surface area (Å²) in [6, 6.07) is 18.5. The Kier molecular flexibility index (Phi) is 11.6. The molecule has 0 bridgehead atoms. The predicted octanol–water partition coefficient (Wildman–Crippen LogP) is 5.27. The lowest BCUT2D eigenvalue weighted by atomic mass is 10.1. The highest BCUT2D eigenvalue weighted by Gasteiger charge is 2.34. The van der Waals surface area contributed by atoms with Gasteiger partial charge in [0, 0.05) is 23.7 Å². The van der Waals surface area contributed by atoms with E-state index in [-0.39, 0.29) is 29.1 Å². The van der Waals surface area contributed by atoms with Crippen molar-refractivity contribution in [3.63, 3.8) is 0 Å². The van der Waals surface area contributed by atoms with Gasteiger partial charge in [0.25, 0.3) is 10.0 Å². The van der Waals surface area contributed by atoms with E-state index in [1.165, 1.54) is 37.3 Å². The molecule has 3 aromatic carbocycles. The quantitative estimate of drug-likeness (QED) is 0.265. The number of rotatable bonds is 14. The zero-order valence-electron chi connectivity index (χ0n) is 24.5. The largest absolute Gasteiger partial charge is 0.493 e. The maximum atomic E-state index is 14.2. The van der Waals surface area contributed by atoms with Crippen molar-refractivity contribution in [1.29, 1.82) is 0 Å². The highest BCUT2D eigenvalue weighted by molar-refractivity contribution is 7.92. The number of halogens is 1. The minimum Gasteiger partial charge on any atom is -0.493 e. The van der Waals surface area contributed by atoms with Crippen LogP contribution in [0.4, 0.5) is 5.69 Å². The van der Waals surface area contributed by atoms with Crippen molar-refractivity contribution in [2.24, 2.45) is 0 Å². The molecule has 0 radical (unpaired) electrons. The number of carbonyl (C=O) groups is 2. The highest BCUT2D eigenvalue weighted by atomic mass is 35.5. The molecule has 3 rings (SSSR count). The van der Waals surface area contributed by atoms with Gasteiger partial charge in [0.05, 0.1) is 24.8 Å². The van der Waals surface area contributed by atoms with Crippen molar-refractivity contribution in [2.75, 3.05) is 25.1 Å². The molecule has 0 saturated carbocycles. The molecule has 3 aromatic rings. The van der Waals surface area contributed by atoms with E-state index in [2.05, 4.69) is 5.32 Å². The Bertz CT molecular complexity index is 1470. The average molecular weight is 616 g/mol. The van der Waals surface area contributed by atoms with Gasteiger partial charge in [0.15, 0.2) is 11.5 Å². The smallest absolute Gasteiger partial charge is 0.264 e. The topological polar surface area (TPSA) is 105 Å². The molecule has 0 saturated heterocycles. The monoisotopic (exact) mass is 615 g/mol. The molecule has 0 spiro atoms. The molecule has 0 aromatic heterocycles. The van der Waals surface area contributed by atoms with Crippen molar-refractivity contribution < 1.29 is 27.5 Å². The van der Waals surface area contributed by atoms with Crippen LogP contribution in [0.15, 0.2) is 77.7 Å². The van der Waals surface area contributed by atoms with Gasteiger partial charge in [-0.3, -0.25) is 13.9 Å². The maximum Gasteiger partial charge on any atom is 0.264 e. The fourth-order valence-corrected chi connectivity index (χ4v) is 6.02. The zero-order valence-corrected chi connectivity index (χ0v) is 26.1. The molecule has 0 heterocycles. The van der Waals surface area contributed by atoms with Crippen LogP contribution in [0.3, 0.4) is 0 Å². The fraction of sp³-hybridized carbons (Fsp3) is 0.355. The molecule has 0 fully saturated rings. The second-order valence-electron chi connectivity index (χ2n) is 9.72. The summed E-state index contributed by atoms with van der Waals surface area (Å²) in [5.41, 5.74) is 0.825. The molecule has 1 N–H and O–H groups in total. The SMILES string of the molecule is CCC(C)NC(=O)C(CC)N(Cc1ccccc1Cl)C(=O)CN(c1ccc(OC)c(OC)c1)S(=O)(=O)c1ccccc1. The molecule has 9 nitrogen and oxygen atoms in total. The molecule has 2 atom stereocenters. The van der Waals surface area contributed by atoms with Gasteiger partial charge < -0.3 is 19.7 Å². The molecule has 0 aliphatic rings. The van der Waals surface area contributed by atoms with Crippen molar-refractivity contribution in [3.05, 3.63) is 83.4 Å². The van der Waals surface area contributed by atoms with Crippen LogP contribution in [-0.4, -0.2) is 58.0 Å². The van der Waals surface area contributed by atoms with E-state index < -0.39 is 28.5 Å². The number of hydrogen-bond acceptors (Lipinski definition) is 6. The molecule has 42 heavy (non-hydrogen) atoms. The number of carbonyl (C=O) groups excluding carboxylic acids is 2. The van der Waals surface area contributed by atoms with Gasteiger partial charge in [-0.25, -0.2) is 8.42 Å². The van der Waals surface area contributed by atoms with Crippen molar-refractivity contribution >= 4 is 39.1 Å².